The van der Waals surface area contributed by atoms with Crippen molar-refractivity contribution in [1.82, 2.24) is 4.98 Å². The Hall–Kier alpha value is -1.96. The van der Waals surface area contributed by atoms with E-state index in [1.54, 1.807) is 6.92 Å². The van der Waals surface area contributed by atoms with Crippen molar-refractivity contribution in [2.24, 2.45) is 5.92 Å². The number of hydrogen-bond acceptors (Lipinski definition) is 5. The van der Waals surface area contributed by atoms with Crippen molar-refractivity contribution in [1.29, 1.82) is 0 Å². The van der Waals surface area contributed by atoms with E-state index in [9.17, 15) is 4.79 Å². The average Bonchev–Trinajstić information content (AvgIpc) is 3.03. The topological polar surface area (TPSA) is 55.6 Å². The fourth-order valence-electron chi connectivity index (χ4n) is 1.64. The van der Waals surface area contributed by atoms with E-state index in [2.05, 4.69) is 10.9 Å². The summed E-state index contributed by atoms with van der Waals surface area (Å²) in [6, 6.07) is 0.392. The molecule has 1 fully saturated rings. The first-order valence-corrected chi connectivity index (χ1v) is 6.05. The van der Waals surface area contributed by atoms with Gasteiger partial charge in [0.15, 0.2) is 5.69 Å². The van der Waals surface area contributed by atoms with E-state index in [0.29, 0.717) is 25.1 Å². The van der Waals surface area contributed by atoms with E-state index in [0.717, 1.165) is 6.54 Å². The van der Waals surface area contributed by atoms with Crippen LogP contribution in [-0.4, -0.2) is 30.6 Å². The molecule has 0 radical (unpaired) electrons. The molecule has 1 aromatic rings. The number of esters is 1. The van der Waals surface area contributed by atoms with Gasteiger partial charge in [0.05, 0.1) is 13.2 Å². The lowest BCUT2D eigenvalue weighted by molar-refractivity contribution is 0.0519. The van der Waals surface area contributed by atoms with Gasteiger partial charge in [-0.15, -0.1) is 6.42 Å². The molecule has 0 unspecified atom stereocenters. The largest absolute Gasteiger partial charge is 0.461 e. The Labute approximate surface area is 106 Å². The fraction of sp³-hybridized carbons (Fsp3) is 0.538. The molecule has 0 aliphatic heterocycles. The highest BCUT2D eigenvalue weighted by Crippen LogP contribution is 2.31. The third-order valence-electron chi connectivity index (χ3n) is 2.70. The third-order valence-corrected chi connectivity index (χ3v) is 2.70. The Kier molecular flexibility index (Phi) is 3.88. The van der Waals surface area contributed by atoms with Gasteiger partial charge in [-0.1, -0.05) is 5.92 Å². The van der Waals surface area contributed by atoms with Gasteiger partial charge in [-0.25, -0.2) is 4.79 Å². The summed E-state index contributed by atoms with van der Waals surface area (Å²) >= 11 is 0. The quantitative estimate of drug-likeness (QED) is 0.566. The molecule has 1 aliphatic carbocycles. The van der Waals surface area contributed by atoms with Crippen LogP contribution in [0.3, 0.4) is 0 Å². The summed E-state index contributed by atoms with van der Waals surface area (Å²) in [7, 11) is 0. The van der Waals surface area contributed by atoms with Crippen LogP contribution in [0.2, 0.25) is 0 Å². The smallest absolute Gasteiger partial charge is 0.360 e. The first kappa shape index (κ1) is 12.5. The number of nitrogens with zero attached hydrogens (tertiary/aromatic N) is 2. The van der Waals surface area contributed by atoms with Crippen LogP contribution in [0, 0.1) is 18.3 Å². The van der Waals surface area contributed by atoms with E-state index in [1.807, 2.05) is 4.90 Å². The summed E-state index contributed by atoms with van der Waals surface area (Å²) in [4.78, 5) is 17.5. The lowest BCUT2D eigenvalue weighted by Crippen LogP contribution is -2.26. The molecule has 0 saturated heterocycles. The lowest BCUT2D eigenvalue weighted by Gasteiger charge is -2.16. The molecule has 1 aliphatic rings. The number of ether oxygens (including phenoxy) is 1. The molecule has 0 N–H and O–H groups in total. The van der Waals surface area contributed by atoms with E-state index in [4.69, 9.17) is 15.6 Å². The Morgan fingerprint density at radius 2 is 2.50 bits per heavy atom. The van der Waals surface area contributed by atoms with Crippen LogP contribution in [0.5, 0.6) is 0 Å². The summed E-state index contributed by atoms with van der Waals surface area (Å²) in [5.74, 6) is 2.76. The van der Waals surface area contributed by atoms with Crippen LogP contribution < -0.4 is 4.90 Å². The van der Waals surface area contributed by atoms with Gasteiger partial charge in [0, 0.05) is 6.54 Å². The number of rotatable bonds is 6. The molecule has 0 spiro atoms. The Balaban J connectivity index is 2.05. The van der Waals surface area contributed by atoms with Crippen LogP contribution in [0.15, 0.2) is 10.7 Å². The molecule has 96 valence electrons. The third kappa shape index (κ3) is 3.04. The molecular weight excluding hydrogens is 232 g/mol. The SMILES string of the molecule is C#CCN(CC1CC1)c1nc(C(=O)OCC)co1. The van der Waals surface area contributed by atoms with Crippen molar-refractivity contribution in [3.8, 4) is 12.3 Å². The summed E-state index contributed by atoms with van der Waals surface area (Å²) in [6.45, 7) is 3.32. The van der Waals surface area contributed by atoms with Gasteiger partial charge in [0.1, 0.15) is 6.26 Å². The van der Waals surface area contributed by atoms with E-state index >= 15 is 0 Å². The van der Waals surface area contributed by atoms with Crippen molar-refractivity contribution in [3.63, 3.8) is 0 Å². The maximum absolute atomic E-state index is 11.5. The molecule has 0 bridgehead atoms. The van der Waals surface area contributed by atoms with Crippen molar-refractivity contribution < 1.29 is 13.9 Å². The Morgan fingerprint density at radius 1 is 1.72 bits per heavy atom. The Morgan fingerprint density at radius 3 is 3.11 bits per heavy atom. The predicted octanol–water partition coefficient (Wildman–Crippen LogP) is 1.70. The summed E-state index contributed by atoms with van der Waals surface area (Å²) in [6.07, 6.45) is 9.06. The summed E-state index contributed by atoms with van der Waals surface area (Å²) in [5, 5.41) is 0. The van der Waals surface area contributed by atoms with Gasteiger partial charge in [-0.3, -0.25) is 0 Å². The molecule has 18 heavy (non-hydrogen) atoms. The number of terminal acetylenes is 1. The van der Waals surface area contributed by atoms with Gasteiger partial charge < -0.3 is 14.1 Å². The second kappa shape index (κ2) is 5.58. The van der Waals surface area contributed by atoms with E-state index in [-0.39, 0.29) is 5.69 Å². The van der Waals surface area contributed by atoms with Gasteiger partial charge in [-0.05, 0) is 25.7 Å². The first-order valence-electron chi connectivity index (χ1n) is 6.05. The van der Waals surface area contributed by atoms with Crippen LogP contribution in [-0.2, 0) is 4.74 Å². The monoisotopic (exact) mass is 248 g/mol. The number of carbonyl (C=O) groups is 1. The van der Waals surface area contributed by atoms with Crippen LogP contribution in [0.25, 0.3) is 0 Å². The van der Waals surface area contributed by atoms with Gasteiger partial charge in [0.25, 0.3) is 6.01 Å². The molecule has 2 rings (SSSR count). The highest BCUT2D eigenvalue weighted by molar-refractivity contribution is 5.87. The van der Waals surface area contributed by atoms with Crippen molar-refractivity contribution in [2.75, 3.05) is 24.6 Å². The molecule has 5 heteroatoms. The van der Waals surface area contributed by atoms with Gasteiger partial charge in [0.2, 0.25) is 0 Å². The fourth-order valence-corrected chi connectivity index (χ4v) is 1.64. The first-order chi connectivity index (χ1) is 8.74. The molecule has 0 aromatic carbocycles. The second-order valence-electron chi connectivity index (χ2n) is 4.26. The molecule has 0 atom stereocenters. The molecule has 0 amide bonds. The molecule has 5 nitrogen and oxygen atoms in total. The van der Waals surface area contributed by atoms with Crippen molar-refractivity contribution in [3.05, 3.63) is 12.0 Å². The highest BCUT2D eigenvalue weighted by Gasteiger charge is 2.26. The zero-order valence-electron chi connectivity index (χ0n) is 10.4. The summed E-state index contributed by atoms with van der Waals surface area (Å²) < 4.78 is 10.1. The number of hydrogen-bond donors (Lipinski definition) is 0. The van der Waals surface area contributed by atoms with Crippen LogP contribution >= 0.6 is 0 Å². The number of aromatic nitrogens is 1. The Bertz CT molecular complexity index is 457. The minimum atomic E-state index is -0.473. The van der Waals surface area contributed by atoms with Crippen molar-refractivity contribution >= 4 is 12.0 Å². The molecule has 1 saturated carbocycles. The predicted molar refractivity (Wildman–Crippen MR) is 66.2 cm³/mol. The standard InChI is InChI=1S/C13H16N2O3/c1-3-7-15(8-10-5-6-10)13-14-11(9-18-13)12(16)17-4-2/h1,9-10H,4-8H2,2H3. The highest BCUT2D eigenvalue weighted by atomic mass is 16.5. The van der Waals surface area contributed by atoms with E-state index in [1.165, 1.54) is 19.1 Å². The minimum absolute atomic E-state index is 0.185. The second-order valence-corrected chi connectivity index (χ2v) is 4.26. The van der Waals surface area contributed by atoms with Crippen LogP contribution in [0.4, 0.5) is 6.01 Å². The van der Waals surface area contributed by atoms with E-state index < -0.39 is 5.97 Å². The maximum Gasteiger partial charge on any atom is 0.360 e. The lowest BCUT2D eigenvalue weighted by atomic mass is 10.4. The minimum Gasteiger partial charge on any atom is -0.461 e. The average molecular weight is 248 g/mol. The van der Waals surface area contributed by atoms with Crippen LogP contribution in [0.1, 0.15) is 30.3 Å². The zero-order valence-corrected chi connectivity index (χ0v) is 10.4. The number of oxazole rings is 1. The maximum atomic E-state index is 11.5. The molecular formula is C13H16N2O3. The van der Waals surface area contributed by atoms with Gasteiger partial charge in [-0.2, -0.15) is 4.98 Å². The van der Waals surface area contributed by atoms with Crippen molar-refractivity contribution in [2.45, 2.75) is 19.8 Å². The summed E-state index contributed by atoms with van der Waals surface area (Å²) in [5.41, 5.74) is 0.185. The molecule has 1 aromatic heterocycles. The zero-order chi connectivity index (χ0) is 13.0. The number of anilines is 1. The normalized spacial score (nSPS) is 14.0. The molecule has 1 heterocycles. The van der Waals surface area contributed by atoms with Gasteiger partial charge >= 0.3 is 5.97 Å². The number of carbonyl (C=O) groups excluding carboxylic acids is 1.